The highest BCUT2D eigenvalue weighted by Crippen LogP contribution is 2.31. The van der Waals surface area contributed by atoms with Crippen molar-refractivity contribution in [3.05, 3.63) is 33.3 Å². The molecule has 1 fully saturated rings. The van der Waals surface area contributed by atoms with Gasteiger partial charge in [0.15, 0.2) is 0 Å². The van der Waals surface area contributed by atoms with Crippen molar-refractivity contribution in [2.75, 3.05) is 0 Å². The van der Waals surface area contributed by atoms with Crippen molar-refractivity contribution in [1.82, 2.24) is 5.32 Å². The summed E-state index contributed by atoms with van der Waals surface area (Å²) in [5.74, 6) is 1.58. The van der Waals surface area contributed by atoms with Gasteiger partial charge in [0.2, 0.25) is 0 Å². The molecule has 0 saturated heterocycles. The Balaban J connectivity index is 1.98. The van der Waals surface area contributed by atoms with E-state index >= 15 is 0 Å². The van der Waals surface area contributed by atoms with Gasteiger partial charge >= 0.3 is 0 Å². The van der Waals surface area contributed by atoms with E-state index < -0.39 is 0 Å². The third kappa shape index (κ3) is 4.21. The van der Waals surface area contributed by atoms with Gasteiger partial charge in [-0.1, -0.05) is 54.2 Å². The van der Waals surface area contributed by atoms with Crippen LogP contribution in [0.25, 0.3) is 0 Å². The quantitative estimate of drug-likeness (QED) is 0.770. The highest BCUT2D eigenvalue weighted by molar-refractivity contribution is 9.10. The van der Waals surface area contributed by atoms with E-state index in [0.29, 0.717) is 6.04 Å². The van der Waals surface area contributed by atoms with Gasteiger partial charge in [-0.15, -0.1) is 0 Å². The zero-order valence-corrected chi connectivity index (χ0v) is 14.1. The van der Waals surface area contributed by atoms with Gasteiger partial charge in [-0.05, 0) is 48.4 Å². The molecule has 0 bridgehead atoms. The summed E-state index contributed by atoms with van der Waals surface area (Å²) in [6, 6.07) is 6.65. The molecule has 2 unspecified atom stereocenters. The van der Waals surface area contributed by atoms with E-state index in [2.05, 4.69) is 35.1 Å². The molecule has 0 spiro atoms. The molecule has 19 heavy (non-hydrogen) atoms. The average molecular weight is 345 g/mol. The number of rotatable bonds is 4. The lowest BCUT2D eigenvalue weighted by molar-refractivity contribution is 0.204. The molecule has 1 saturated carbocycles. The van der Waals surface area contributed by atoms with Crippen molar-refractivity contribution in [2.45, 2.75) is 52.1 Å². The number of benzene rings is 1. The Kier molecular flexibility index (Phi) is 5.73. The Bertz CT molecular complexity index is 419. The Morgan fingerprint density at radius 3 is 2.79 bits per heavy atom. The van der Waals surface area contributed by atoms with Crippen molar-refractivity contribution >= 4 is 27.5 Å². The minimum Gasteiger partial charge on any atom is -0.310 e. The monoisotopic (exact) mass is 343 g/mol. The fourth-order valence-corrected chi connectivity index (χ4v) is 3.71. The van der Waals surface area contributed by atoms with Crippen LogP contribution >= 0.6 is 27.5 Å². The third-order valence-electron chi connectivity index (χ3n) is 4.24. The van der Waals surface area contributed by atoms with Gasteiger partial charge in [-0.2, -0.15) is 0 Å². The normalized spacial score (nSPS) is 23.8. The minimum absolute atomic E-state index is 0.652. The molecular formula is C16H23BrClN. The molecule has 2 rings (SSSR count). The molecule has 106 valence electrons. The summed E-state index contributed by atoms with van der Waals surface area (Å²) in [5, 5.41) is 4.56. The van der Waals surface area contributed by atoms with Gasteiger partial charge in [0.05, 0.1) is 0 Å². The maximum atomic E-state index is 6.07. The smallest absolute Gasteiger partial charge is 0.0410 e. The van der Waals surface area contributed by atoms with Crippen molar-refractivity contribution in [3.8, 4) is 0 Å². The van der Waals surface area contributed by atoms with Crippen LogP contribution in [0.15, 0.2) is 22.7 Å². The number of hydrogen-bond acceptors (Lipinski definition) is 1. The highest BCUT2D eigenvalue weighted by Gasteiger charge is 2.26. The van der Waals surface area contributed by atoms with Crippen LogP contribution in [0.3, 0.4) is 0 Å². The van der Waals surface area contributed by atoms with Crippen LogP contribution in [0.5, 0.6) is 0 Å². The SMILES string of the molecule is CC(C)C1CCCCC1NCc1cc(Cl)ccc1Br. The molecule has 3 heteroatoms. The van der Waals surface area contributed by atoms with Gasteiger partial charge in [-0.3, -0.25) is 0 Å². The Hall–Kier alpha value is -0.0500. The molecule has 1 N–H and O–H groups in total. The molecule has 0 amide bonds. The number of hydrogen-bond donors (Lipinski definition) is 1. The molecule has 0 heterocycles. The Labute approximate surface area is 130 Å². The molecule has 2 atom stereocenters. The molecule has 1 aliphatic rings. The van der Waals surface area contributed by atoms with Crippen molar-refractivity contribution < 1.29 is 0 Å². The van der Waals surface area contributed by atoms with E-state index in [1.165, 1.54) is 31.2 Å². The first-order valence-corrected chi connectivity index (χ1v) is 8.42. The van der Waals surface area contributed by atoms with Gasteiger partial charge in [0.25, 0.3) is 0 Å². The average Bonchev–Trinajstić information content (AvgIpc) is 2.40. The summed E-state index contributed by atoms with van der Waals surface area (Å²) in [4.78, 5) is 0. The van der Waals surface area contributed by atoms with Crippen LogP contribution in [-0.2, 0) is 6.54 Å². The topological polar surface area (TPSA) is 12.0 Å². The molecule has 1 aliphatic carbocycles. The van der Waals surface area contributed by atoms with E-state index in [1.807, 2.05) is 18.2 Å². The predicted molar refractivity (Wildman–Crippen MR) is 86.6 cm³/mol. The first-order valence-electron chi connectivity index (χ1n) is 7.25. The lowest BCUT2D eigenvalue weighted by Gasteiger charge is -2.35. The van der Waals surface area contributed by atoms with Crippen LogP contribution in [-0.4, -0.2) is 6.04 Å². The van der Waals surface area contributed by atoms with Crippen molar-refractivity contribution in [2.24, 2.45) is 11.8 Å². The first kappa shape index (κ1) is 15.3. The first-order chi connectivity index (χ1) is 9.08. The zero-order valence-electron chi connectivity index (χ0n) is 11.8. The van der Waals surface area contributed by atoms with Crippen molar-refractivity contribution in [1.29, 1.82) is 0 Å². The van der Waals surface area contributed by atoms with Crippen LogP contribution in [0.2, 0.25) is 5.02 Å². The van der Waals surface area contributed by atoms with E-state index in [4.69, 9.17) is 11.6 Å². The summed E-state index contributed by atoms with van der Waals surface area (Å²) in [6.45, 7) is 5.59. The number of halogens is 2. The summed E-state index contributed by atoms with van der Waals surface area (Å²) < 4.78 is 1.14. The van der Waals surface area contributed by atoms with Gasteiger partial charge < -0.3 is 5.32 Å². The fourth-order valence-electron chi connectivity index (χ4n) is 3.13. The van der Waals surface area contributed by atoms with Gasteiger partial charge in [0.1, 0.15) is 0 Å². The second kappa shape index (κ2) is 7.10. The molecule has 1 nitrogen and oxygen atoms in total. The summed E-state index contributed by atoms with van der Waals surface area (Å²) in [6.07, 6.45) is 5.42. The third-order valence-corrected chi connectivity index (χ3v) is 5.25. The maximum absolute atomic E-state index is 6.07. The predicted octanol–water partition coefficient (Wildman–Crippen LogP) is 5.41. The lowest BCUT2D eigenvalue weighted by Crippen LogP contribution is -2.40. The van der Waals surface area contributed by atoms with Crippen LogP contribution in [0, 0.1) is 11.8 Å². The molecule has 0 aromatic heterocycles. The highest BCUT2D eigenvalue weighted by atomic mass is 79.9. The van der Waals surface area contributed by atoms with E-state index in [9.17, 15) is 0 Å². The lowest BCUT2D eigenvalue weighted by atomic mass is 9.78. The second-order valence-electron chi connectivity index (χ2n) is 5.92. The summed E-state index contributed by atoms with van der Waals surface area (Å²) in [5.41, 5.74) is 1.25. The Morgan fingerprint density at radius 2 is 2.05 bits per heavy atom. The summed E-state index contributed by atoms with van der Waals surface area (Å²) in [7, 11) is 0. The van der Waals surface area contributed by atoms with Gasteiger partial charge in [-0.25, -0.2) is 0 Å². The maximum Gasteiger partial charge on any atom is 0.0410 e. The van der Waals surface area contributed by atoms with Crippen LogP contribution < -0.4 is 5.32 Å². The van der Waals surface area contributed by atoms with E-state index in [-0.39, 0.29) is 0 Å². The zero-order chi connectivity index (χ0) is 13.8. The molecule has 1 aromatic rings. The van der Waals surface area contributed by atoms with E-state index in [1.54, 1.807) is 0 Å². The van der Waals surface area contributed by atoms with Crippen LogP contribution in [0.1, 0.15) is 45.1 Å². The minimum atomic E-state index is 0.652. The molecular weight excluding hydrogens is 322 g/mol. The number of nitrogens with one attached hydrogen (secondary N) is 1. The standard InChI is InChI=1S/C16H23BrClN/c1-11(2)14-5-3-4-6-16(14)19-10-12-9-13(18)7-8-15(12)17/h7-9,11,14,16,19H,3-6,10H2,1-2H3. The largest absolute Gasteiger partial charge is 0.310 e. The van der Waals surface area contributed by atoms with E-state index in [0.717, 1.165) is 27.9 Å². The molecule has 1 aromatic carbocycles. The molecule has 0 radical (unpaired) electrons. The van der Waals surface area contributed by atoms with Crippen molar-refractivity contribution in [3.63, 3.8) is 0 Å². The summed E-state index contributed by atoms with van der Waals surface area (Å²) >= 11 is 9.67. The fraction of sp³-hybridized carbons (Fsp3) is 0.625. The van der Waals surface area contributed by atoms with Gasteiger partial charge in [0, 0.05) is 22.1 Å². The van der Waals surface area contributed by atoms with Crippen LogP contribution in [0.4, 0.5) is 0 Å². The Morgan fingerprint density at radius 1 is 1.32 bits per heavy atom. The second-order valence-corrected chi connectivity index (χ2v) is 7.21. The molecule has 0 aliphatic heterocycles.